The number of hydrogen-bond donors (Lipinski definition) is 0. The molecule has 0 unspecified atom stereocenters. The van der Waals surface area contributed by atoms with Gasteiger partial charge in [-0.3, -0.25) is 0 Å². The van der Waals surface area contributed by atoms with Crippen LogP contribution in [0.4, 0.5) is 11.4 Å². The molecule has 0 saturated heterocycles. The fourth-order valence-electron chi connectivity index (χ4n) is 7.52. The van der Waals surface area contributed by atoms with Crippen molar-refractivity contribution in [3.63, 3.8) is 0 Å². The van der Waals surface area contributed by atoms with Gasteiger partial charge in [-0.2, -0.15) is 5.26 Å². The van der Waals surface area contributed by atoms with E-state index in [-0.39, 0.29) is 0 Å². The molecular weight excluding hydrogens is 629 g/mol. The molecule has 0 atom stereocenters. The highest BCUT2D eigenvalue weighted by atomic mass is 16.4. The number of rotatable bonds is 3. The number of nitrogens with zero attached hydrogens (tertiary/aromatic N) is 4. The number of benzene rings is 7. The predicted molar refractivity (Wildman–Crippen MR) is 203 cm³/mol. The second-order valence-corrected chi connectivity index (χ2v) is 12.6. The summed E-state index contributed by atoms with van der Waals surface area (Å²) in [6.45, 7) is 14.9. The average Bonchev–Trinajstić information content (AvgIpc) is 3.86. The number of aromatic nitrogens is 1. The summed E-state index contributed by atoms with van der Waals surface area (Å²) in [5.41, 5.74) is 11.2. The van der Waals surface area contributed by atoms with E-state index in [1.54, 1.807) is 0 Å². The zero-order chi connectivity index (χ0) is 34.2. The lowest BCUT2D eigenvalue weighted by Crippen LogP contribution is -2.00. The number of furan rings is 2. The lowest BCUT2D eigenvalue weighted by atomic mass is 9.98. The summed E-state index contributed by atoms with van der Waals surface area (Å²) in [6, 6.07) is 46.2. The summed E-state index contributed by atoms with van der Waals surface area (Å²) < 4.78 is 15.1. The van der Waals surface area contributed by atoms with Crippen molar-refractivity contribution in [2.24, 2.45) is 0 Å². The molecule has 3 aromatic heterocycles. The molecule has 6 nitrogen and oxygen atoms in total. The largest absolute Gasteiger partial charge is 0.452 e. The van der Waals surface area contributed by atoms with Gasteiger partial charge in [0.15, 0.2) is 22.5 Å². The van der Waals surface area contributed by atoms with Gasteiger partial charge in [0.1, 0.15) is 17.2 Å². The minimum absolute atomic E-state index is 0.548. The van der Waals surface area contributed by atoms with Gasteiger partial charge in [-0.15, -0.1) is 0 Å². The summed E-state index contributed by atoms with van der Waals surface area (Å²) in [5, 5.41) is 16.3. The minimum atomic E-state index is 0.548. The molecule has 3 heterocycles. The van der Waals surface area contributed by atoms with Gasteiger partial charge in [0.25, 0.3) is 0 Å². The van der Waals surface area contributed by atoms with E-state index in [1.807, 2.05) is 91.0 Å². The van der Waals surface area contributed by atoms with Gasteiger partial charge in [0.05, 0.1) is 35.4 Å². The third kappa shape index (κ3) is 4.14. The normalized spacial score (nSPS) is 11.5. The maximum atomic E-state index is 10.4. The summed E-state index contributed by atoms with van der Waals surface area (Å²) in [5.74, 6) is 0. The van der Waals surface area contributed by atoms with Crippen molar-refractivity contribution in [3.05, 3.63) is 162 Å². The van der Waals surface area contributed by atoms with Crippen LogP contribution in [0.1, 0.15) is 5.56 Å². The number of para-hydroxylation sites is 2. The van der Waals surface area contributed by atoms with Crippen molar-refractivity contribution in [3.8, 4) is 34.0 Å². The number of hydrogen-bond acceptors (Lipinski definition) is 3. The van der Waals surface area contributed by atoms with Crippen LogP contribution in [-0.2, 0) is 0 Å². The fraction of sp³-hybridized carbons (Fsp3) is 0. The van der Waals surface area contributed by atoms with E-state index in [9.17, 15) is 5.26 Å². The van der Waals surface area contributed by atoms with Crippen LogP contribution in [-0.4, -0.2) is 4.57 Å². The topological polar surface area (TPSA) is 63.7 Å². The van der Waals surface area contributed by atoms with Gasteiger partial charge in [-0.1, -0.05) is 72.8 Å². The Labute approximate surface area is 290 Å². The molecule has 51 heavy (non-hydrogen) atoms. The average molecular weight is 651 g/mol. The molecule has 0 radical (unpaired) electrons. The number of fused-ring (bicyclic) bond motifs is 10. The molecular formula is C45H22N4O2. The van der Waals surface area contributed by atoms with Crippen LogP contribution in [0.15, 0.2) is 142 Å². The lowest BCUT2D eigenvalue weighted by molar-refractivity contribution is 0.633. The van der Waals surface area contributed by atoms with Crippen LogP contribution >= 0.6 is 0 Å². The molecule has 234 valence electrons. The Hall–Kier alpha value is -7.59. The second kappa shape index (κ2) is 10.7. The van der Waals surface area contributed by atoms with Gasteiger partial charge in [-0.05, 0) is 82.7 Å². The molecule has 0 aliphatic carbocycles. The van der Waals surface area contributed by atoms with E-state index < -0.39 is 0 Å². The van der Waals surface area contributed by atoms with E-state index in [2.05, 4.69) is 62.8 Å². The van der Waals surface area contributed by atoms with Crippen molar-refractivity contribution in [2.75, 3.05) is 0 Å². The first-order valence-corrected chi connectivity index (χ1v) is 16.4. The van der Waals surface area contributed by atoms with Crippen molar-refractivity contribution >= 4 is 77.1 Å². The highest BCUT2D eigenvalue weighted by Crippen LogP contribution is 2.43. The van der Waals surface area contributed by atoms with E-state index in [0.717, 1.165) is 82.5 Å². The van der Waals surface area contributed by atoms with Crippen molar-refractivity contribution < 1.29 is 8.83 Å². The first-order valence-electron chi connectivity index (χ1n) is 16.4. The minimum Gasteiger partial charge on any atom is -0.452 e. The van der Waals surface area contributed by atoms with Crippen LogP contribution in [0, 0.1) is 24.5 Å². The Morgan fingerprint density at radius 2 is 1.14 bits per heavy atom. The van der Waals surface area contributed by atoms with Gasteiger partial charge >= 0.3 is 0 Å². The summed E-state index contributed by atoms with van der Waals surface area (Å²) >= 11 is 0. The van der Waals surface area contributed by atoms with Crippen molar-refractivity contribution in [1.82, 2.24) is 4.57 Å². The summed E-state index contributed by atoms with van der Waals surface area (Å²) in [4.78, 5) is 7.19. The third-order valence-corrected chi connectivity index (χ3v) is 9.88. The first-order chi connectivity index (χ1) is 25.1. The Bertz CT molecular complexity index is 3230. The van der Waals surface area contributed by atoms with E-state index in [4.69, 9.17) is 22.0 Å². The van der Waals surface area contributed by atoms with Crippen LogP contribution < -0.4 is 0 Å². The first kappa shape index (κ1) is 28.4. The van der Waals surface area contributed by atoms with Crippen LogP contribution in [0.3, 0.4) is 0 Å². The maximum Gasteiger partial charge on any atom is 0.188 e. The molecule has 0 saturated carbocycles. The zero-order valence-corrected chi connectivity index (χ0v) is 26.8. The Morgan fingerprint density at radius 1 is 0.510 bits per heavy atom. The Kier molecular flexibility index (Phi) is 5.97. The lowest BCUT2D eigenvalue weighted by Gasteiger charge is -2.16. The molecule has 0 aliphatic rings. The number of nitriles is 1. The molecule has 7 aromatic carbocycles. The second-order valence-electron chi connectivity index (χ2n) is 12.6. The highest BCUT2D eigenvalue weighted by Gasteiger charge is 2.21. The van der Waals surface area contributed by atoms with Crippen molar-refractivity contribution in [2.45, 2.75) is 0 Å². The molecule has 0 bridgehead atoms. The summed E-state index contributed by atoms with van der Waals surface area (Å²) in [6.07, 6.45) is 0. The molecule has 10 aromatic rings. The Balaban J connectivity index is 1.17. The molecule has 0 spiro atoms. The van der Waals surface area contributed by atoms with E-state index in [0.29, 0.717) is 28.1 Å². The standard InChI is InChI=1S/C45H22N4O2/c1-47-30-14-10-26(11-15-30)27-12-20-41-37(22-27)34-17-18-35-38-23-28(13-21-42(38)51-45(35)44(34)50-41)32-8-5-6-29(25-46)43(32)49-39-9-4-3-7-33(39)36-24-31(48-2)16-19-40(36)49/h3-24H. The molecule has 6 heteroatoms. The van der Waals surface area contributed by atoms with Gasteiger partial charge in [0, 0.05) is 32.5 Å². The molecule has 0 amide bonds. The molecule has 0 N–H and O–H groups in total. The molecule has 10 rings (SSSR count). The quantitative estimate of drug-likeness (QED) is 0.179. The third-order valence-electron chi connectivity index (χ3n) is 9.88. The maximum absolute atomic E-state index is 10.4. The predicted octanol–water partition coefficient (Wildman–Crippen LogP) is 12.9. The zero-order valence-electron chi connectivity index (χ0n) is 26.8. The van der Waals surface area contributed by atoms with Crippen LogP contribution in [0.5, 0.6) is 0 Å². The monoisotopic (exact) mass is 650 g/mol. The van der Waals surface area contributed by atoms with Crippen LogP contribution in [0.2, 0.25) is 0 Å². The highest BCUT2D eigenvalue weighted by molar-refractivity contribution is 6.19. The van der Waals surface area contributed by atoms with Crippen LogP contribution in [0.25, 0.3) is 103 Å². The van der Waals surface area contributed by atoms with E-state index >= 15 is 0 Å². The Morgan fingerprint density at radius 3 is 1.84 bits per heavy atom. The van der Waals surface area contributed by atoms with Crippen molar-refractivity contribution in [1.29, 1.82) is 5.26 Å². The summed E-state index contributed by atoms with van der Waals surface area (Å²) in [7, 11) is 0. The SMILES string of the molecule is [C-]#[N+]c1ccc(-c2ccc3oc4c(ccc5c6cc(-c7cccc(C#N)c7-n7c8ccccc8c8cc([N+]#[C-])ccc87)ccc6oc54)c3c2)cc1. The fourth-order valence-corrected chi connectivity index (χ4v) is 7.52. The van der Waals surface area contributed by atoms with E-state index in [1.165, 1.54) is 0 Å². The molecule has 0 fully saturated rings. The van der Waals surface area contributed by atoms with Gasteiger partial charge in [-0.25, -0.2) is 9.69 Å². The smallest absolute Gasteiger partial charge is 0.188 e. The van der Waals surface area contributed by atoms with Gasteiger partial charge in [0.2, 0.25) is 0 Å². The van der Waals surface area contributed by atoms with Gasteiger partial charge < -0.3 is 13.4 Å². The molecule has 0 aliphatic heterocycles.